The number of benzene rings is 1. The second kappa shape index (κ2) is 8.04. The van der Waals surface area contributed by atoms with E-state index in [1.165, 1.54) is 5.56 Å². The highest BCUT2D eigenvalue weighted by Gasteiger charge is 2.17. The first-order valence-electron chi connectivity index (χ1n) is 8.52. The zero-order valence-electron chi connectivity index (χ0n) is 14.1. The van der Waals surface area contributed by atoms with Gasteiger partial charge in [0.05, 0.1) is 18.2 Å². The Kier molecular flexibility index (Phi) is 5.57. The van der Waals surface area contributed by atoms with E-state index < -0.39 is 0 Å². The maximum Gasteiger partial charge on any atom is 0.230 e. The van der Waals surface area contributed by atoms with E-state index in [0.29, 0.717) is 17.3 Å². The maximum absolute atomic E-state index is 8.87. The zero-order chi connectivity index (χ0) is 16.8. The van der Waals surface area contributed by atoms with Gasteiger partial charge in [-0.05, 0) is 37.2 Å². The Hall–Kier alpha value is -2.23. The highest BCUT2D eigenvalue weighted by Crippen LogP contribution is 2.12. The van der Waals surface area contributed by atoms with Gasteiger partial charge in [0, 0.05) is 26.1 Å². The molecular weight excluding hydrogens is 302 g/mol. The second-order valence-electron chi connectivity index (χ2n) is 6.16. The van der Waals surface area contributed by atoms with E-state index >= 15 is 0 Å². The van der Waals surface area contributed by atoms with Crippen LogP contribution in [0.1, 0.15) is 36.3 Å². The summed E-state index contributed by atoms with van der Waals surface area (Å²) in [5.41, 5.74) is 1.97. The van der Waals surface area contributed by atoms with E-state index in [2.05, 4.69) is 26.1 Å². The van der Waals surface area contributed by atoms with Crippen molar-refractivity contribution in [2.75, 3.05) is 26.2 Å². The van der Waals surface area contributed by atoms with Crippen molar-refractivity contribution in [3.8, 4) is 6.07 Å². The SMILES string of the molecule is CCc1nnc(CN2CCCN(Cc3ccc(C#N)cc3)CC2)o1. The van der Waals surface area contributed by atoms with Gasteiger partial charge in [0.25, 0.3) is 0 Å². The molecule has 3 rings (SSSR count). The lowest BCUT2D eigenvalue weighted by Gasteiger charge is -2.21. The third kappa shape index (κ3) is 4.40. The monoisotopic (exact) mass is 325 g/mol. The normalized spacial score (nSPS) is 16.7. The van der Waals surface area contributed by atoms with Gasteiger partial charge in [-0.3, -0.25) is 9.80 Å². The van der Waals surface area contributed by atoms with Crippen molar-refractivity contribution >= 4 is 0 Å². The van der Waals surface area contributed by atoms with Crippen LogP contribution in [-0.2, 0) is 19.5 Å². The third-order valence-corrected chi connectivity index (χ3v) is 4.34. The number of nitrogens with zero attached hydrogens (tertiary/aromatic N) is 5. The average molecular weight is 325 g/mol. The van der Waals surface area contributed by atoms with Gasteiger partial charge in [-0.1, -0.05) is 19.1 Å². The molecule has 24 heavy (non-hydrogen) atoms. The van der Waals surface area contributed by atoms with Gasteiger partial charge < -0.3 is 4.42 Å². The molecule has 0 spiro atoms. The fourth-order valence-electron chi connectivity index (χ4n) is 2.97. The molecule has 2 aromatic rings. The summed E-state index contributed by atoms with van der Waals surface area (Å²) in [6.07, 6.45) is 1.91. The molecule has 1 aliphatic rings. The van der Waals surface area contributed by atoms with Crippen LogP contribution in [0.4, 0.5) is 0 Å². The molecule has 0 aliphatic carbocycles. The van der Waals surface area contributed by atoms with Crippen LogP contribution in [-0.4, -0.2) is 46.2 Å². The first kappa shape index (κ1) is 16.6. The third-order valence-electron chi connectivity index (χ3n) is 4.34. The summed E-state index contributed by atoms with van der Waals surface area (Å²) < 4.78 is 5.62. The zero-order valence-corrected chi connectivity index (χ0v) is 14.1. The Morgan fingerprint density at radius 3 is 2.29 bits per heavy atom. The summed E-state index contributed by atoms with van der Waals surface area (Å²) in [5, 5.41) is 17.0. The van der Waals surface area contributed by atoms with Crippen molar-refractivity contribution in [2.24, 2.45) is 0 Å². The number of aryl methyl sites for hydroxylation is 1. The quantitative estimate of drug-likeness (QED) is 0.839. The number of aromatic nitrogens is 2. The summed E-state index contributed by atoms with van der Waals surface area (Å²) in [5.74, 6) is 1.43. The Labute approximate surface area is 142 Å². The van der Waals surface area contributed by atoms with Crippen molar-refractivity contribution in [1.82, 2.24) is 20.0 Å². The summed E-state index contributed by atoms with van der Waals surface area (Å²) in [6.45, 7) is 7.84. The first-order valence-corrected chi connectivity index (χ1v) is 8.52. The minimum absolute atomic E-state index is 0.710. The Bertz CT molecular complexity index is 688. The Balaban J connectivity index is 1.51. The van der Waals surface area contributed by atoms with Gasteiger partial charge >= 0.3 is 0 Å². The predicted molar refractivity (Wildman–Crippen MR) is 90.0 cm³/mol. The van der Waals surface area contributed by atoms with E-state index in [4.69, 9.17) is 9.68 Å². The van der Waals surface area contributed by atoms with E-state index in [1.807, 2.05) is 31.2 Å². The van der Waals surface area contributed by atoms with Gasteiger partial charge in [0.15, 0.2) is 0 Å². The molecule has 1 aliphatic heterocycles. The molecular formula is C18H23N5O. The molecule has 126 valence electrons. The molecule has 1 fully saturated rings. The van der Waals surface area contributed by atoms with Crippen LogP contribution < -0.4 is 0 Å². The largest absolute Gasteiger partial charge is 0.424 e. The van der Waals surface area contributed by atoms with Crippen LogP contribution >= 0.6 is 0 Å². The number of hydrogen-bond acceptors (Lipinski definition) is 6. The van der Waals surface area contributed by atoms with Crippen molar-refractivity contribution in [3.63, 3.8) is 0 Å². The number of rotatable bonds is 5. The second-order valence-corrected chi connectivity index (χ2v) is 6.16. The summed E-state index contributed by atoms with van der Waals surface area (Å²) in [7, 11) is 0. The molecule has 1 saturated heterocycles. The van der Waals surface area contributed by atoms with E-state index in [-0.39, 0.29) is 0 Å². The molecule has 1 aromatic heterocycles. The van der Waals surface area contributed by atoms with Crippen LogP contribution in [0, 0.1) is 11.3 Å². The highest BCUT2D eigenvalue weighted by atomic mass is 16.4. The lowest BCUT2D eigenvalue weighted by atomic mass is 10.1. The highest BCUT2D eigenvalue weighted by molar-refractivity contribution is 5.31. The fraction of sp³-hybridized carbons (Fsp3) is 0.500. The molecule has 0 bridgehead atoms. The van der Waals surface area contributed by atoms with Crippen molar-refractivity contribution in [1.29, 1.82) is 5.26 Å². The molecule has 1 aromatic carbocycles. The molecule has 0 unspecified atom stereocenters. The summed E-state index contributed by atoms with van der Waals surface area (Å²) in [4.78, 5) is 4.85. The van der Waals surface area contributed by atoms with Gasteiger partial charge in [0.1, 0.15) is 0 Å². The molecule has 6 nitrogen and oxygen atoms in total. The molecule has 0 N–H and O–H groups in total. The minimum atomic E-state index is 0.710. The van der Waals surface area contributed by atoms with Gasteiger partial charge in [0.2, 0.25) is 11.8 Å². The molecule has 0 atom stereocenters. The van der Waals surface area contributed by atoms with Gasteiger partial charge in [-0.25, -0.2) is 0 Å². The minimum Gasteiger partial charge on any atom is -0.424 e. The van der Waals surface area contributed by atoms with Crippen LogP contribution in [0.15, 0.2) is 28.7 Å². The van der Waals surface area contributed by atoms with Gasteiger partial charge in [-0.2, -0.15) is 5.26 Å². The topological polar surface area (TPSA) is 69.2 Å². The molecule has 2 heterocycles. The molecule has 6 heteroatoms. The fourth-order valence-corrected chi connectivity index (χ4v) is 2.97. The van der Waals surface area contributed by atoms with E-state index in [1.54, 1.807) is 0 Å². The van der Waals surface area contributed by atoms with Crippen LogP contribution in [0.3, 0.4) is 0 Å². The smallest absolute Gasteiger partial charge is 0.230 e. The van der Waals surface area contributed by atoms with Crippen molar-refractivity contribution in [2.45, 2.75) is 32.9 Å². The summed E-state index contributed by atoms with van der Waals surface area (Å²) >= 11 is 0. The summed E-state index contributed by atoms with van der Waals surface area (Å²) in [6, 6.07) is 10.0. The van der Waals surface area contributed by atoms with Crippen molar-refractivity contribution < 1.29 is 4.42 Å². The van der Waals surface area contributed by atoms with Gasteiger partial charge in [-0.15, -0.1) is 10.2 Å². The van der Waals surface area contributed by atoms with E-state index in [0.717, 1.165) is 52.1 Å². The lowest BCUT2D eigenvalue weighted by Crippen LogP contribution is -2.30. The van der Waals surface area contributed by atoms with Crippen LogP contribution in [0.2, 0.25) is 0 Å². The predicted octanol–water partition coefficient (Wildman–Crippen LogP) is 2.21. The van der Waals surface area contributed by atoms with Crippen LogP contribution in [0.5, 0.6) is 0 Å². The molecule has 0 radical (unpaired) electrons. The standard InChI is InChI=1S/C18H23N5O/c1-2-17-20-21-18(24-17)14-23-9-3-8-22(10-11-23)13-16-6-4-15(12-19)5-7-16/h4-7H,2-3,8-11,13-14H2,1H3. The number of nitriles is 1. The first-order chi connectivity index (χ1) is 11.8. The lowest BCUT2D eigenvalue weighted by molar-refractivity contribution is 0.229. The Morgan fingerprint density at radius 2 is 1.67 bits per heavy atom. The number of hydrogen-bond donors (Lipinski definition) is 0. The maximum atomic E-state index is 8.87. The molecule has 0 saturated carbocycles. The Morgan fingerprint density at radius 1 is 1.00 bits per heavy atom. The molecule has 0 amide bonds. The van der Waals surface area contributed by atoms with Crippen molar-refractivity contribution in [3.05, 3.63) is 47.2 Å². The van der Waals surface area contributed by atoms with E-state index in [9.17, 15) is 0 Å². The average Bonchev–Trinajstić information content (AvgIpc) is 2.96. The van der Waals surface area contributed by atoms with Crippen LogP contribution in [0.25, 0.3) is 0 Å².